The molecule has 1 aromatic rings. The van der Waals surface area contributed by atoms with Crippen molar-refractivity contribution >= 4 is 0 Å². The zero-order valence-electron chi connectivity index (χ0n) is 11.8. The smallest absolute Gasteiger partial charge is 0.203 e. The number of quaternary nitrogens is 1. The van der Waals surface area contributed by atoms with Crippen molar-refractivity contribution in [2.45, 2.75) is 26.3 Å². The SMILES string of the molecule is CCCC[NH2+]Cc1ccc(OC)c(OC)c1OC. The second kappa shape index (κ2) is 7.82. The molecule has 0 aliphatic heterocycles. The van der Waals surface area contributed by atoms with E-state index in [1.807, 2.05) is 12.1 Å². The van der Waals surface area contributed by atoms with Crippen LogP contribution in [0.2, 0.25) is 0 Å². The molecule has 0 spiro atoms. The van der Waals surface area contributed by atoms with Crippen LogP contribution in [0.5, 0.6) is 17.2 Å². The van der Waals surface area contributed by atoms with Gasteiger partial charge in [0.05, 0.1) is 33.4 Å². The zero-order chi connectivity index (χ0) is 13.4. The highest BCUT2D eigenvalue weighted by Crippen LogP contribution is 2.39. The second-order valence-corrected chi connectivity index (χ2v) is 4.13. The number of hydrogen-bond acceptors (Lipinski definition) is 3. The van der Waals surface area contributed by atoms with Crippen LogP contribution < -0.4 is 19.5 Å². The number of methoxy groups -OCH3 is 3. The number of rotatable bonds is 8. The van der Waals surface area contributed by atoms with E-state index in [4.69, 9.17) is 14.2 Å². The quantitative estimate of drug-likeness (QED) is 0.716. The van der Waals surface area contributed by atoms with Gasteiger partial charge in [-0.15, -0.1) is 0 Å². The van der Waals surface area contributed by atoms with E-state index in [-0.39, 0.29) is 0 Å². The minimum Gasteiger partial charge on any atom is -0.493 e. The van der Waals surface area contributed by atoms with Gasteiger partial charge in [0.1, 0.15) is 6.54 Å². The Morgan fingerprint density at radius 2 is 1.72 bits per heavy atom. The molecule has 1 aromatic carbocycles. The van der Waals surface area contributed by atoms with Gasteiger partial charge in [-0.2, -0.15) is 0 Å². The van der Waals surface area contributed by atoms with E-state index in [9.17, 15) is 0 Å². The third-order valence-corrected chi connectivity index (χ3v) is 2.91. The van der Waals surface area contributed by atoms with E-state index >= 15 is 0 Å². The molecule has 0 unspecified atom stereocenters. The summed E-state index contributed by atoms with van der Waals surface area (Å²) < 4.78 is 16.1. The van der Waals surface area contributed by atoms with Crippen molar-refractivity contribution in [3.63, 3.8) is 0 Å². The molecule has 0 saturated carbocycles. The first-order valence-electron chi connectivity index (χ1n) is 6.37. The van der Waals surface area contributed by atoms with Crippen LogP contribution in [0.3, 0.4) is 0 Å². The summed E-state index contributed by atoms with van der Waals surface area (Å²) in [6.07, 6.45) is 2.45. The molecule has 0 aliphatic rings. The van der Waals surface area contributed by atoms with Crippen LogP contribution in [-0.4, -0.2) is 27.9 Å². The predicted molar refractivity (Wildman–Crippen MR) is 71.5 cm³/mol. The Labute approximate surface area is 109 Å². The Morgan fingerprint density at radius 3 is 2.28 bits per heavy atom. The first kappa shape index (κ1) is 14.6. The maximum Gasteiger partial charge on any atom is 0.203 e. The maximum absolute atomic E-state index is 5.44. The lowest BCUT2D eigenvalue weighted by molar-refractivity contribution is -0.670. The molecular weight excluding hydrogens is 230 g/mol. The largest absolute Gasteiger partial charge is 0.493 e. The van der Waals surface area contributed by atoms with E-state index < -0.39 is 0 Å². The standard InChI is InChI=1S/C14H23NO3/c1-5-6-9-15-10-11-7-8-12(16-2)14(18-4)13(11)17-3/h7-8,15H,5-6,9-10H2,1-4H3/p+1. The fourth-order valence-corrected chi connectivity index (χ4v) is 1.93. The van der Waals surface area contributed by atoms with E-state index in [1.54, 1.807) is 21.3 Å². The van der Waals surface area contributed by atoms with Crippen molar-refractivity contribution in [2.75, 3.05) is 27.9 Å². The molecule has 0 fully saturated rings. The van der Waals surface area contributed by atoms with E-state index in [0.717, 1.165) is 24.4 Å². The Kier molecular flexibility index (Phi) is 6.36. The highest BCUT2D eigenvalue weighted by atomic mass is 16.5. The Hall–Kier alpha value is -1.42. The van der Waals surface area contributed by atoms with Gasteiger partial charge in [-0.1, -0.05) is 13.3 Å². The Balaban J connectivity index is 2.84. The molecule has 102 valence electrons. The molecule has 2 N–H and O–H groups in total. The lowest BCUT2D eigenvalue weighted by atomic mass is 10.1. The lowest BCUT2D eigenvalue weighted by Gasteiger charge is -2.15. The molecule has 0 bridgehead atoms. The highest BCUT2D eigenvalue weighted by Gasteiger charge is 2.16. The topological polar surface area (TPSA) is 44.3 Å². The van der Waals surface area contributed by atoms with Gasteiger partial charge < -0.3 is 19.5 Å². The monoisotopic (exact) mass is 254 g/mol. The molecule has 0 amide bonds. The third kappa shape index (κ3) is 3.53. The van der Waals surface area contributed by atoms with Crippen molar-refractivity contribution in [3.05, 3.63) is 17.7 Å². The summed E-state index contributed by atoms with van der Waals surface area (Å²) in [6, 6.07) is 3.95. The van der Waals surface area contributed by atoms with Gasteiger partial charge in [-0.05, 0) is 18.6 Å². The van der Waals surface area contributed by atoms with Crippen LogP contribution in [0.4, 0.5) is 0 Å². The molecule has 0 aromatic heterocycles. The fourth-order valence-electron chi connectivity index (χ4n) is 1.93. The highest BCUT2D eigenvalue weighted by molar-refractivity contribution is 5.55. The number of hydrogen-bond donors (Lipinski definition) is 1. The Bertz CT molecular complexity index is 366. The molecule has 18 heavy (non-hydrogen) atoms. The molecule has 4 nitrogen and oxygen atoms in total. The maximum atomic E-state index is 5.44. The Morgan fingerprint density at radius 1 is 1.00 bits per heavy atom. The summed E-state index contributed by atoms with van der Waals surface area (Å²) in [7, 11) is 4.92. The van der Waals surface area contributed by atoms with Gasteiger partial charge >= 0.3 is 0 Å². The summed E-state index contributed by atoms with van der Waals surface area (Å²) in [4.78, 5) is 0. The minimum atomic E-state index is 0.668. The van der Waals surface area contributed by atoms with Gasteiger partial charge in [-0.25, -0.2) is 0 Å². The summed E-state index contributed by atoms with van der Waals surface area (Å²) in [5, 5.41) is 2.28. The summed E-state index contributed by atoms with van der Waals surface area (Å²) in [5.41, 5.74) is 1.13. The van der Waals surface area contributed by atoms with Crippen molar-refractivity contribution in [1.82, 2.24) is 0 Å². The molecule has 0 radical (unpaired) electrons. The molecular formula is C14H24NO3+. The third-order valence-electron chi connectivity index (χ3n) is 2.91. The van der Waals surface area contributed by atoms with Crippen LogP contribution in [0.25, 0.3) is 0 Å². The van der Waals surface area contributed by atoms with Crippen LogP contribution >= 0.6 is 0 Å². The molecule has 0 atom stereocenters. The van der Waals surface area contributed by atoms with Crippen LogP contribution in [0.1, 0.15) is 25.3 Å². The normalized spacial score (nSPS) is 10.2. The fraction of sp³-hybridized carbons (Fsp3) is 0.571. The van der Waals surface area contributed by atoms with Crippen molar-refractivity contribution in [3.8, 4) is 17.2 Å². The van der Waals surface area contributed by atoms with Crippen molar-refractivity contribution in [1.29, 1.82) is 0 Å². The number of unbranched alkanes of at least 4 members (excludes halogenated alkanes) is 1. The molecule has 1 rings (SSSR count). The summed E-state index contributed by atoms with van der Waals surface area (Å²) in [5.74, 6) is 2.14. The van der Waals surface area contributed by atoms with Crippen LogP contribution in [-0.2, 0) is 6.54 Å². The molecule has 0 saturated heterocycles. The van der Waals surface area contributed by atoms with Gasteiger partial charge in [-0.3, -0.25) is 0 Å². The first-order chi connectivity index (χ1) is 8.78. The second-order valence-electron chi connectivity index (χ2n) is 4.13. The summed E-state index contributed by atoms with van der Waals surface area (Å²) >= 11 is 0. The number of nitrogens with two attached hydrogens (primary N) is 1. The average Bonchev–Trinajstić information content (AvgIpc) is 2.42. The zero-order valence-corrected chi connectivity index (χ0v) is 11.8. The van der Waals surface area contributed by atoms with E-state index in [1.165, 1.54) is 12.8 Å². The molecule has 0 aliphatic carbocycles. The van der Waals surface area contributed by atoms with Crippen molar-refractivity contribution < 1.29 is 19.5 Å². The van der Waals surface area contributed by atoms with Crippen molar-refractivity contribution in [2.24, 2.45) is 0 Å². The lowest BCUT2D eigenvalue weighted by Crippen LogP contribution is -2.82. The molecule has 0 heterocycles. The van der Waals surface area contributed by atoms with Gasteiger partial charge in [0.25, 0.3) is 0 Å². The van der Waals surface area contributed by atoms with Gasteiger partial charge in [0, 0.05) is 0 Å². The number of ether oxygens (including phenoxy) is 3. The number of benzene rings is 1. The average molecular weight is 254 g/mol. The van der Waals surface area contributed by atoms with Gasteiger partial charge in [0.2, 0.25) is 5.75 Å². The van der Waals surface area contributed by atoms with E-state index in [0.29, 0.717) is 11.5 Å². The van der Waals surface area contributed by atoms with Gasteiger partial charge in [0.15, 0.2) is 11.5 Å². The minimum absolute atomic E-state index is 0.668. The predicted octanol–water partition coefficient (Wildman–Crippen LogP) is 1.58. The molecule has 4 heteroatoms. The first-order valence-corrected chi connectivity index (χ1v) is 6.37. The summed E-state index contributed by atoms with van der Waals surface area (Å²) in [6.45, 7) is 4.22. The van der Waals surface area contributed by atoms with Crippen LogP contribution in [0.15, 0.2) is 12.1 Å². The van der Waals surface area contributed by atoms with E-state index in [2.05, 4.69) is 12.2 Å². The van der Waals surface area contributed by atoms with Crippen LogP contribution in [0, 0.1) is 0 Å².